The summed E-state index contributed by atoms with van der Waals surface area (Å²) in [6.45, 7) is 2.08. The van der Waals surface area contributed by atoms with Gasteiger partial charge in [0.15, 0.2) is 11.7 Å². The first-order valence-corrected chi connectivity index (χ1v) is 7.64. The molecule has 0 saturated heterocycles. The summed E-state index contributed by atoms with van der Waals surface area (Å²) in [5.41, 5.74) is 1.70. The molecule has 6 heteroatoms. The molecule has 118 valence electrons. The minimum Gasteiger partial charge on any atom is -0.468 e. The Morgan fingerprint density at radius 3 is 2.57 bits per heavy atom. The van der Waals surface area contributed by atoms with Gasteiger partial charge in [-0.05, 0) is 37.8 Å². The minimum absolute atomic E-state index is 0.223. The fourth-order valence-electron chi connectivity index (χ4n) is 2.59. The Morgan fingerprint density at radius 2 is 2.00 bits per heavy atom. The van der Waals surface area contributed by atoms with Crippen LogP contribution in [0.1, 0.15) is 31.4 Å². The molecule has 3 rings (SSSR count). The van der Waals surface area contributed by atoms with E-state index < -0.39 is 11.9 Å². The number of methoxy groups -OCH3 is 1. The molecule has 1 saturated carbocycles. The number of nitrogens with zero attached hydrogens (tertiary/aromatic N) is 3. The second kappa shape index (κ2) is 6.21. The number of para-hydroxylation sites is 2. The van der Waals surface area contributed by atoms with Crippen molar-refractivity contribution in [3.8, 4) is 6.07 Å². The van der Waals surface area contributed by atoms with E-state index >= 15 is 0 Å². The number of nitrogens with one attached hydrogen (secondary N) is 1. The normalized spacial score (nSPS) is 16.4. The predicted octanol–water partition coefficient (Wildman–Crippen LogP) is 2.62. The Kier molecular flexibility index (Phi) is 4.11. The van der Waals surface area contributed by atoms with Crippen LogP contribution in [0.25, 0.3) is 11.0 Å². The number of esters is 1. The summed E-state index contributed by atoms with van der Waals surface area (Å²) < 4.78 is 4.73. The summed E-state index contributed by atoms with van der Waals surface area (Å²) in [5.74, 6) is -0.625. The molecule has 23 heavy (non-hydrogen) atoms. The van der Waals surface area contributed by atoms with Gasteiger partial charge < -0.3 is 10.1 Å². The Morgan fingerprint density at radius 1 is 1.35 bits per heavy atom. The van der Waals surface area contributed by atoms with Gasteiger partial charge in [0.05, 0.1) is 24.2 Å². The summed E-state index contributed by atoms with van der Waals surface area (Å²) >= 11 is 0. The largest absolute Gasteiger partial charge is 0.468 e. The SMILES string of the molecule is COC(=O)[C@@H](C#N)c1nc2ccccc2nc1N[C@H](C)C1CC1. The molecule has 2 atom stereocenters. The lowest BCUT2D eigenvalue weighted by Gasteiger charge is -2.18. The topological polar surface area (TPSA) is 87.9 Å². The van der Waals surface area contributed by atoms with Crippen molar-refractivity contribution in [2.45, 2.75) is 31.7 Å². The van der Waals surface area contributed by atoms with E-state index in [0.717, 1.165) is 5.52 Å². The van der Waals surface area contributed by atoms with Crippen molar-refractivity contribution in [2.24, 2.45) is 5.92 Å². The van der Waals surface area contributed by atoms with Crippen LogP contribution < -0.4 is 5.32 Å². The van der Waals surface area contributed by atoms with E-state index in [1.807, 2.05) is 30.3 Å². The minimum atomic E-state index is -1.09. The molecule has 6 nitrogen and oxygen atoms in total. The predicted molar refractivity (Wildman–Crippen MR) is 85.7 cm³/mol. The van der Waals surface area contributed by atoms with Crippen molar-refractivity contribution in [3.63, 3.8) is 0 Å². The second-order valence-corrected chi connectivity index (χ2v) is 5.80. The van der Waals surface area contributed by atoms with Gasteiger partial charge in [0.2, 0.25) is 0 Å². The number of ether oxygens (including phenoxy) is 1. The lowest BCUT2D eigenvalue weighted by Crippen LogP contribution is -2.23. The van der Waals surface area contributed by atoms with Crippen molar-refractivity contribution in [1.82, 2.24) is 9.97 Å². The fourth-order valence-corrected chi connectivity index (χ4v) is 2.59. The molecule has 1 aromatic heterocycles. The van der Waals surface area contributed by atoms with Crippen LogP contribution in [0.4, 0.5) is 5.82 Å². The number of nitriles is 1. The van der Waals surface area contributed by atoms with E-state index in [9.17, 15) is 10.1 Å². The highest BCUT2D eigenvalue weighted by atomic mass is 16.5. The highest BCUT2D eigenvalue weighted by Gasteiger charge is 2.31. The van der Waals surface area contributed by atoms with Crippen LogP contribution in [0.3, 0.4) is 0 Å². The molecule has 0 unspecified atom stereocenters. The van der Waals surface area contributed by atoms with Crippen molar-refractivity contribution < 1.29 is 9.53 Å². The van der Waals surface area contributed by atoms with Gasteiger partial charge in [-0.2, -0.15) is 5.26 Å². The number of benzene rings is 1. The maximum atomic E-state index is 11.9. The van der Waals surface area contributed by atoms with Gasteiger partial charge in [0, 0.05) is 6.04 Å². The van der Waals surface area contributed by atoms with Crippen LogP contribution in [0.15, 0.2) is 24.3 Å². The maximum Gasteiger partial charge on any atom is 0.329 e. The van der Waals surface area contributed by atoms with E-state index in [0.29, 0.717) is 22.9 Å². The monoisotopic (exact) mass is 310 g/mol. The molecule has 1 heterocycles. The number of carbonyl (C=O) groups is 1. The van der Waals surface area contributed by atoms with E-state index in [1.54, 1.807) is 0 Å². The van der Waals surface area contributed by atoms with E-state index in [-0.39, 0.29) is 6.04 Å². The van der Waals surface area contributed by atoms with Crippen molar-refractivity contribution >= 4 is 22.8 Å². The van der Waals surface area contributed by atoms with E-state index in [4.69, 9.17) is 4.74 Å². The quantitative estimate of drug-likeness (QED) is 0.854. The number of aromatic nitrogens is 2. The second-order valence-electron chi connectivity index (χ2n) is 5.80. The first kappa shape index (κ1) is 15.2. The van der Waals surface area contributed by atoms with Crippen molar-refractivity contribution in [2.75, 3.05) is 12.4 Å². The van der Waals surface area contributed by atoms with Gasteiger partial charge in [-0.1, -0.05) is 12.1 Å². The van der Waals surface area contributed by atoms with Gasteiger partial charge in [0.25, 0.3) is 0 Å². The smallest absolute Gasteiger partial charge is 0.329 e. The summed E-state index contributed by atoms with van der Waals surface area (Å²) in [6.07, 6.45) is 2.37. The fraction of sp³-hybridized carbons (Fsp3) is 0.412. The third kappa shape index (κ3) is 3.09. The molecule has 1 aromatic carbocycles. The zero-order valence-electron chi connectivity index (χ0n) is 13.1. The van der Waals surface area contributed by atoms with Gasteiger partial charge in [0.1, 0.15) is 5.69 Å². The average molecular weight is 310 g/mol. The van der Waals surface area contributed by atoms with Crippen LogP contribution in [-0.4, -0.2) is 29.1 Å². The first-order chi connectivity index (χ1) is 11.1. The molecule has 1 aliphatic rings. The number of anilines is 1. The lowest BCUT2D eigenvalue weighted by molar-refractivity contribution is -0.141. The molecule has 0 spiro atoms. The van der Waals surface area contributed by atoms with E-state index in [2.05, 4.69) is 22.2 Å². The van der Waals surface area contributed by atoms with Crippen LogP contribution in [0, 0.1) is 17.2 Å². The number of fused-ring (bicyclic) bond motifs is 1. The van der Waals surface area contributed by atoms with Crippen LogP contribution in [0.5, 0.6) is 0 Å². The third-order valence-electron chi connectivity index (χ3n) is 4.13. The standard InChI is InChI=1S/C17H18N4O2/c1-10(11-7-8-11)19-16-15(12(9-18)17(22)23-2)20-13-5-3-4-6-14(13)21-16/h3-6,10-12H,7-8H2,1-2H3,(H,19,21)/t10-,12+/m1/s1. The van der Waals surface area contributed by atoms with Crippen molar-refractivity contribution in [3.05, 3.63) is 30.0 Å². The molecule has 0 bridgehead atoms. The third-order valence-corrected chi connectivity index (χ3v) is 4.13. The lowest BCUT2D eigenvalue weighted by atomic mass is 10.1. The van der Waals surface area contributed by atoms with Crippen LogP contribution in [0.2, 0.25) is 0 Å². The van der Waals surface area contributed by atoms with Gasteiger partial charge in [-0.15, -0.1) is 0 Å². The molecule has 0 aliphatic heterocycles. The summed E-state index contributed by atoms with van der Waals surface area (Å²) in [6, 6.07) is 9.60. The summed E-state index contributed by atoms with van der Waals surface area (Å²) in [4.78, 5) is 21.0. The zero-order chi connectivity index (χ0) is 16.4. The first-order valence-electron chi connectivity index (χ1n) is 7.64. The van der Waals surface area contributed by atoms with Gasteiger partial charge >= 0.3 is 5.97 Å². The number of rotatable bonds is 5. The van der Waals surface area contributed by atoms with E-state index in [1.165, 1.54) is 20.0 Å². The highest BCUT2D eigenvalue weighted by molar-refractivity contribution is 5.84. The van der Waals surface area contributed by atoms with Gasteiger partial charge in [-0.3, -0.25) is 4.79 Å². The molecular weight excluding hydrogens is 292 g/mol. The number of carbonyl (C=O) groups excluding carboxylic acids is 1. The molecule has 2 aromatic rings. The Bertz CT molecular complexity index is 780. The van der Waals surface area contributed by atoms with Crippen LogP contribution >= 0.6 is 0 Å². The molecule has 1 N–H and O–H groups in total. The van der Waals surface area contributed by atoms with Crippen molar-refractivity contribution in [1.29, 1.82) is 5.26 Å². The number of hydrogen-bond donors (Lipinski definition) is 1. The molecule has 1 fully saturated rings. The van der Waals surface area contributed by atoms with Gasteiger partial charge in [-0.25, -0.2) is 9.97 Å². The Hall–Kier alpha value is -2.68. The summed E-state index contributed by atoms with van der Waals surface area (Å²) in [5, 5.41) is 12.7. The highest BCUT2D eigenvalue weighted by Crippen LogP contribution is 2.35. The van der Waals surface area contributed by atoms with Crippen LogP contribution in [-0.2, 0) is 9.53 Å². The molecule has 1 aliphatic carbocycles. The molecule has 0 radical (unpaired) electrons. The molecular formula is C17H18N4O2. The Labute approximate surface area is 134 Å². The Balaban J connectivity index is 2.07. The summed E-state index contributed by atoms with van der Waals surface area (Å²) in [7, 11) is 1.26. The zero-order valence-corrected chi connectivity index (χ0v) is 13.1. The molecule has 0 amide bonds. The average Bonchev–Trinajstić information content (AvgIpc) is 3.40. The maximum absolute atomic E-state index is 11.9. The number of hydrogen-bond acceptors (Lipinski definition) is 6.